The second-order valence-electron chi connectivity index (χ2n) is 10.5. The SMILES string of the molecule is C[C@@H]1C[C@@]2(C)[C@H](CC[C@H]3[C@H]2CC[C@]2(C)[C@H](O)CC[C@@H]32)C[C@]12CS2. The van der Waals surface area contributed by atoms with Gasteiger partial charge in [-0.1, -0.05) is 20.8 Å². The maximum Gasteiger partial charge on any atom is 0.0596 e. The normalized spacial score (nSPS) is 64.2. The molecule has 0 aromatic rings. The first-order valence-electron chi connectivity index (χ1n) is 10.2. The van der Waals surface area contributed by atoms with Crippen molar-refractivity contribution in [3.8, 4) is 0 Å². The molecule has 9 atom stereocenters. The van der Waals surface area contributed by atoms with Crippen LogP contribution in [0.2, 0.25) is 0 Å². The molecule has 1 spiro atoms. The van der Waals surface area contributed by atoms with E-state index in [0.717, 1.165) is 36.0 Å². The van der Waals surface area contributed by atoms with E-state index < -0.39 is 0 Å². The largest absolute Gasteiger partial charge is 0.393 e. The summed E-state index contributed by atoms with van der Waals surface area (Å²) in [6.45, 7) is 7.65. The van der Waals surface area contributed by atoms with Crippen LogP contribution in [-0.4, -0.2) is 21.7 Å². The first-order valence-corrected chi connectivity index (χ1v) is 11.2. The Bertz CT molecular complexity index is 514. The Hall–Kier alpha value is 0.310. The molecule has 0 radical (unpaired) electrons. The van der Waals surface area contributed by atoms with Gasteiger partial charge in [0.25, 0.3) is 0 Å². The minimum absolute atomic E-state index is 0.0182. The van der Waals surface area contributed by atoms with Gasteiger partial charge in [-0.25, -0.2) is 0 Å². The van der Waals surface area contributed by atoms with Crippen molar-refractivity contribution in [3.05, 3.63) is 0 Å². The zero-order chi connectivity index (χ0) is 16.0. The molecule has 23 heavy (non-hydrogen) atoms. The number of thioether (sulfide) groups is 1. The summed E-state index contributed by atoms with van der Waals surface area (Å²) in [5, 5.41) is 10.6. The molecular weight excluding hydrogens is 300 g/mol. The van der Waals surface area contributed by atoms with E-state index in [9.17, 15) is 5.11 Å². The molecule has 1 saturated heterocycles. The molecule has 0 aromatic carbocycles. The predicted octanol–water partition coefficient (Wildman–Crippen LogP) is 5.12. The molecule has 1 nitrogen and oxygen atoms in total. The van der Waals surface area contributed by atoms with Crippen molar-refractivity contribution in [2.75, 3.05) is 5.75 Å². The van der Waals surface area contributed by atoms with Crippen LogP contribution in [0.4, 0.5) is 0 Å². The Kier molecular flexibility index (Phi) is 3.20. The minimum atomic E-state index is -0.0182. The number of hydrogen-bond donors (Lipinski definition) is 1. The zero-order valence-corrected chi connectivity index (χ0v) is 16.0. The fourth-order valence-corrected chi connectivity index (χ4v) is 9.39. The quantitative estimate of drug-likeness (QED) is 0.620. The highest BCUT2D eigenvalue weighted by Gasteiger charge is 2.64. The van der Waals surface area contributed by atoms with Gasteiger partial charge in [0.05, 0.1) is 6.10 Å². The van der Waals surface area contributed by atoms with E-state index in [0.29, 0.717) is 10.2 Å². The third-order valence-corrected chi connectivity index (χ3v) is 11.4. The van der Waals surface area contributed by atoms with E-state index in [4.69, 9.17) is 0 Å². The van der Waals surface area contributed by atoms with Crippen molar-refractivity contribution in [1.82, 2.24) is 0 Å². The van der Waals surface area contributed by atoms with Crippen molar-refractivity contribution < 1.29 is 5.11 Å². The summed E-state index contributed by atoms with van der Waals surface area (Å²) in [5.41, 5.74) is 0.851. The van der Waals surface area contributed by atoms with Gasteiger partial charge in [0, 0.05) is 10.5 Å². The van der Waals surface area contributed by atoms with Crippen molar-refractivity contribution in [3.63, 3.8) is 0 Å². The molecule has 4 aliphatic carbocycles. The summed E-state index contributed by atoms with van der Waals surface area (Å²) < 4.78 is 0.698. The van der Waals surface area contributed by atoms with Gasteiger partial charge in [-0.3, -0.25) is 0 Å². The zero-order valence-electron chi connectivity index (χ0n) is 15.2. The van der Waals surface area contributed by atoms with Crippen molar-refractivity contribution in [1.29, 1.82) is 0 Å². The lowest BCUT2D eigenvalue weighted by Gasteiger charge is -2.62. The van der Waals surface area contributed by atoms with Gasteiger partial charge in [0.1, 0.15) is 0 Å². The number of fused-ring (bicyclic) bond motifs is 5. The second kappa shape index (κ2) is 4.72. The lowest BCUT2D eigenvalue weighted by molar-refractivity contribution is -0.129. The number of hydrogen-bond acceptors (Lipinski definition) is 2. The van der Waals surface area contributed by atoms with Crippen LogP contribution in [0.5, 0.6) is 0 Å². The molecule has 0 bridgehead atoms. The third-order valence-electron chi connectivity index (χ3n) is 9.77. The van der Waals surface area contributed by atoms with E-state index in [2.05, 4.69) is 32.5 Å². The molecule has 0 unspecified atom stereocenters. The first kappa shape index (κ1) is 15.6. The minimum Gasteiger partial charge on any atom is -0.393 e. The van der Waals surface area contributed by atoms with Crippen molar-refractivity contribution >= 4 is 11.8 Å². The van der Waals surface area contributed by atoms with Gasteiger partial charge < -0.3 is 5.11 Å². The molecule has 5 rings (SSSR count). The fraction of sp³-hybridized carbons (Fsp3) is 1.00. The molecule has 0 amide bonds. The van der Waals surface area contributed by atoms with Crippen LogP contribution < -0.4 is 0 Å². The van der Waals surface area contributed by atoms with Crippen molar-refractivity contribution in [2.24, 2.45) is 40.4 Å². The summed E-state index contributed by atoms with van der Waals surface area (Å²) in [7, 11) is 0. The fourth-order valence-electron chi connectivity index (χ4n) is 8.12. The van der Waals surface area contributed by atoms with Crippen LogP contribution in [0, 0.1) is 40.4 Å². The Morgan fingerprint density at radius 1 is 0.913 bits per heavy atom. The van der Waals surface area contributed by atoms with E-state index in [1.807, 2.05) is 0 Å². The van der Waals surface area contributed by atoms with Crippen LogP contribution in [-0.2, 0) is 0 Å². The Balaban J connectivity index is 1.45. The molecule has 4 saturated carbocycles. The average molecular weight is 335 g/mol. The number of rotatable bonds is 0. The van der Waals surface area contributed by atoms with Gasteiger partial charge in [-0.05, 0) is 91.8 Å². The molecule has 2 heteroatoms. The highest BCUT2D eigenvalue weighted by molar-refractivity contribution is 8.07. The standard InChI is InChI=1S/C21H34OS/c1-13-10-20(3)14(11-21(13)12-23-21)4-5-15-16-6-7-18(22)19(16,2)9-8-17(15)20/h13-18,22H,4-12H2,1-3H3/t13-,14-,15-,16+,17-,18-,19+,20+,21+/m1/s1. The van der Waals surface area contributed by atoms with Gasteiger partial charge in [0.15, 0.2) is 0 Å². The predicted molar refractivity (Wildman–Crippen MR) is 97.5 cm³/mol. The van der Waals surface area contributed by atoms with Crippen LogP contribution in [0.15, 0.2) is 0 Å². The Morgan fingerprint density at radius 3 is 2.39 bits per heavy atom. The topological polar surface area (TPSA) is 20.2 Å². The van der Waals surface area contributed by atoms with Crippen LogP contribution in [0.1, 0.15) is 72.1 Å². The molecule has 1 N–H and O–H groups in total. The molecular formula is C21H34OS. The van der Waals surface area contributed by atoms with E-state index in [-0.39, 0.29) is 11.5 Å². The summed E-state index contributed by atoms with van der Waals surface area (Å²) in [4.78, 5) is 0. The second-order valence-corrected chi connectivity index (χ2v) is 11.8. The number of aliphatic hydroxyl groups is 1. The third kappa shape index (κ3) is 1.92. The molecule has 130 valence electrons. The first-order chi connectivity index (χ1) is 10.9. The lowest BCUT2D eigenvalue weighted by atomic mass is 9.43. The highest BCUT2D eigenvalue weighted by atomic mass is 32.2. The van der Waals surface area contributed by atoms with Crippen LogP contribution in [0.3, 0.4) is 0 Å². The monoisotopic (exact) mass is 334 g/mol. The van der Waals surface area contributed by atoms with Crippen molar-refractivity contribution in [2.45, 2.75) is 83.0 Å². The highest BCUT2D eigenvalue weighted by Crippen LogP contribution is 2.71. The van der Waals surface area contributed by atoms with Gasteiger partial charge in [-0.2, -0.15) is 11.8 Å². The summed E-state index contributed by atoms with van der Waals surface area (Å²) in [6.07, 6.45) is 11.0. The lowest BCUT2D eigenvalue weighted by Crippen LogP contribution is -2.56. The summed E-state index contributed by atoms with van der Waals surface area (Å²) in [5.74, 6) is 6.05. The van der Waals surface area contributed by atoms with Gasteiger partial charge in [0.2, 0.25) is 0 Å². The van der Waals surface area contributed by atoms with Gasteiger partial charge in [-0.15, -0.1) is 0 Å². The van der Waals surface area contributed by atoms with Gasteiger partial charge >= 0.3 is 0 Å². The molecule has 1 heterocycles. The maximum absolute atomic E-state index is 10.6. The smallest absolute Gasteiger partial charge is 0.0596 e. The van der Waals surface area contributed by atoms with E-state index in [1.165, 1.54) is 50.7 Å². The molecule has 5 aliphatic rings. The maximum atomic E-state index is 10.6. The van der Waals surface area contributed by atoms with E-state index in [1.54, 1.807) is 0 Å². The number of aliphatic hydroxyl groups excluding tert-OH is 1. The average Bonchev–Trinajstić information content (AvgIpc) is 3.22. The molecule has 0 aromatic heterocycles. The molecule has 1 aliphatic heterocycles. The van der Waals surface area contributed by atoms with Crippen LogP contribution >= 0.6 is 11.8 Å². The van der Waals surface area contributed by atoms with Crippen LogP contribution in [0.25, 0.3) is 0 Å². The Morgan fingerprint density at radius 2 is 1.65 bits per heavy atom. The summed E-state index contributed by atoms with van der Waals surface area (Å²) in [6, 6.07) is 0. The molecule has 5 fully saturated rings. The Labute approximate surface area is 146 Å². The summed E-state index contributed by atoms with van der Waals surface area (Å²) >= 11 is 2.27. The van der Waals surface area contributed by atoms with E-state index >= 15 is 0 Å².